The van der Waals surface area contributed by atoms with Crippen molar-refractivity contribution in [3.63, 3.8) is 0 Å². The summed E-state index contributed by atoms with van der Waals surface area (Å²) in [7, 11) is 0. The Kier molecular flexibility index (Phi) is 3.57. The van der Waals surface area contributed by atoms with Gasteiger partial charge in [-0.15, -0.1) is 0 Å². The van der Waals surface area contributed by atoms with E-state index in [0.717, 1.165) is 17.7 Å². The molecule has 2 aliphatic rings. The van der Waals surface area contributed by atoms with Crippen LogP contribution in [0.4, 0.5) is 0 Å². The van der Waals surface area contributed by atoms with Crippen LogP contribution in [0, 0.1) is 0 Å². The third-order valence-electron chi connectivity index (χ3n) is 3.21. The Balaban J connectivity index is 0.00000120. The Labute approximate surface area is 116 Å². The smallest absolute Gasteiger partial charge is 0.168 e. The van der Waals surface area contributed by atoms with Crippen molar-refractivity contribution >= 4 is 5.71 Å². The van der Waals surface area contributed by atoms with Crippen molar-refractivity contribution in [1.82, 2.24) is 0 Å². The second-order valence-corrected chi connectivity index (χ2v) is 4.50. The predicted octanol–water partition coefficient (Wildman–Crippen LogP) is 1.38. The second-order valence-electron chi connectivity index (χ2n) is 4.50. The summed E-state index contributed by atoms with van der Waals surface area (Å²) in [6, 6.07) is 4.65. The van der Waals surface area contributed by atoms with E-state index in [2.05, 4.69) is 5.16 Å². The molecule has 5 nitrogen and oxygen atoms in total. The number of oxime groups is 1. The topological polar surface area (TPSA) is 71.3 Å². The number of phenolic OH excluding ortho intramolecular Hbond substituents is 2. The van der Waals surface area contributed by atoms with E-state index in [9.17, 15) is 10.2 Å². The molecule has 2 aliphatic heterocycles. The molecule has 1 unspecified atom stereocenters. The van der Waals surface area contributed by atoms with Gasteiger partial charge in [0.15, 0.2) is 17.1 Å². The number of rotatable bonds is 1. The molecule has 1 saturated heterocycles. The van der Waals surface area contributed by atoms with Gasteiger partial charge < -0.3 is 19.8 Å². The molecule has 0 aromatic heterocycles. The van der Waals surface area contributed by atoms with Crippen molar-refractivity contribution in [2.75, 3.05) is 13.2 Å². The fourth-order valence-corrected chi connectivity index (χ4v) is 2.18. The van der Waals surface area contributed by atoms with Gasteiger partial charge >= 0.3 is 0 Å². The Morgan fingerprint density at radius 1 is 1.22 bits per heavy atom. The summed E-state index contributed by atoms with van der Waals surface area (Å²) < 4.78 is 5.32. The van der Waals surface area contributed by atoms with Gasteiger partial charge in [0.25, 0.3) is 0 Å². The molecule has 0 amide bonds. The SMILES string of the molecule is Oc1ccc(C2=NOC3(CCOC3)C2)cc1O.[V]. The van der Waals surface area contributed by atoms with Crippen molar-refractivity contribution in [3.8, 4) is 11.5 Å². The van der Waals surface area contributed by atoms with Crippen molar-refractivity contribution in [2.45, 2.75) is 18.4 Å². The molecule has 18 heavy (non-hydrogen) atoms. The second kappa shape index (κ2) is 4.84. The monoisotopic (exact) mass is 286 g/mol. The number of benzene rings is 1. The van der Waals surface area contributed by atoms with E-state index in [1.165, 1.54) is 12.1 Å². The van der Waals surface area contributed by atoms with Crippen molar-refractivity contribution in [2.24, 2.45) is 5.16 Å². The van der Waals surface area contributed by atoms with Crippen LogP contribution in [0.5, 0.6) is 11.5 Å². The molecule has 1 radical (unpaired) electrons. The molecule has 0 saturated carbocycles. The zero-order valence-electron chi connectivity index (χ0n) is 9.67. The van der Waals surface area contributed by atoms with E-state index in [-0.39, 0.29) is 35.7 Å². The number of aromatic hydroxyl groups is 2. The van der Waals surface area contributed by atoms with Crippen LogP contribution in [0.25, 0.3) is 0 Å². The predicted molar refractivity (Wildman–Crippen MR) is 60.2 cm³/mol. The summed E-state index contributed by atoms with van der Waals surface area (Å²) in [5.74, 6) is -0.277. The summed E-state index contributed by atoms with van der Waals surface area (Å²) >= 11 is 0. The van der Waals surface area contributed by atoms with Gasteiger partial charge in [-0.25, -0.2) is 0 Å². The van der Waals surface area contributed by atoms with Crippen LogP contribution in [-0.2, 0) is 28.1 Å². The van der Waals surface area contributed by atoms with E-state index >= 15 is 0 Å². The van der Waals surface area contributed by atoms with Crippen LogP contribution >= 0.6 is 0 Å². The zero-order chi connectivity index (χ0) is 11.9. The zero-order valence-corrected chi connectivity index (χ0v) is 11.1. The van der Waals surface area contributed by atoms with Crippen LogP contribution in [0.2, 0.25) is 0 Å². The van der Waals surface area contributed by atoms with E-state index in [0.29, 0.717) is 19.6 Å². The first kappa shape index (κ1) is 13.3. The Morgan fingerprint density at radius 3 is 2.72 bits per heavy atom. The molecule has 6 heteroatoms. The van der Waals surface area contributed by atoms with Gasteiger partial charge in [0.2, 0.25) is 0 Å². The minimum atomic E-state index is -0.317. The normalized spacial score (nSPS) is 25.7. The minimum absolute atomic E-state index is 0. The maximum Gasteiger partial charge on any atom is 0.168 e. The van der Waals surface area contributed by atoms with Gasteiger partial charge in [0.1, 0.15) is 0 Å². The molecule has 1 aromatic carbocycles. The molecule has 2 heterocycles. The molecule has 0 aliphatic carbocycles. The molecular weight excluding hydrogens is 273 g/mol. The molecule has 95 valence electrons. The number of nitrogens with zero attached hydrogens (tertiary/aromatic N) is 1. The van der Waals surface area contributed by atoms with Gasteiger partial charge in [-0.1, -0.05) is 5.16 Å². The van der Waals surface area contributed by atoms with Gasteiger partial charge in [-0.3, -0.25) is 0 Å². The minimum Gasteiger partial charge on any atom is -0.504 e. The summed E-state index contributed by atoms with van der Waals surface area (Å²) in [5, 5.41) is 22.8. The number of hydrogen-bond donors (Lipinski definition) is 2. The maximum atomic E-state index is 9.45. The summed E-state index contributed by atoms with van der Waals surface area (Å²) in [6.07, 6.45) is 1.52. The number of ether oxygens (including phenoxy) is 1. The fourth-order valence-electron chi connectivity index (χ4n) is 2.18. The molecule has 0 bridgehead atoms. The van der Waals surface area contributed by atoms with Gasteiger partial charge in [0.05, 0.1) is 18.9 Å². The number of phenols is 2. The van der Waals surface area contributed by atoms with Gasteiger partial charge in [-0.2, -0.15) is 0 Å². The third-order valence-corrected chi connectivity index (χ3v) is 3.21. The Hall–Kier alpha value is -1.17. The van der Waals surface area contributed by atoms with Crippen LogP contribution in [0.1, 0.15) is 18.4 Å². The fraction of sp³-hybridized carbons (Fsp3) is 0.417. The first-order chi connectivity index (χ1) is 8.19. The van der Waals surface area contributed by atoms with Crippen molar-refractivity contribution < 1.29 is 38.3 Å². The molecule has 1 atom stereocenters. The van der Waals surface area contributed by atoms with Crippen LogP contribution in [0.15, 0.2) is 23.4 Å². The maximum absolute atomic E-state index is 9.45. The number of hydrogen-bond acceptors (Lipinski definition) is 5. The Bertz CT molecular complexity index is 483. The summed E-state index contributed by atoms with van der Waals surface area (Å²) in [6.45, 7) is 1.26. The standard InChI is InChI=1S/C12H13NO4.V/c14-10-2-1-8(5-11(10)15)9-6-12(17-13-9)3-4-16-7-12;/h1-2,5,14-15H,3-4,6-7H2;. The van der Waals surface area contributed by atoms with E-state index < -0.39 is 0 Å². The van der Waals surface area contributed by atoms with E-state index in [4.69, 9.17) is 9.57 Å². The molecule has 1 aromatic rings. The quantitative estimate of drug-likeness (QED) is 0.765. The molecule has 1 fully saturated rings. The van der Waals surface area contributed by atoms with E-state index in [1.54, 1.807) is 6.07 Å². The van der Waals surface area contributed by atoms with Crippen LogP contribution in [0.3, 0.4) is 0 Å². The van der Waals surface area contributed by atoms with E-state index in [1.807, 2.05) is 0 Å². The molecular formula is C12H13NO4V. The largest absolute Gasteiger partial charge is 0.504 e. The van der Waals surface area contributed by atoms with Crippen LogP contribution < -0.4 is 0 Å². The van der Waals surface area contributed by atoms with Gasteiger partial charge in [0, 0.05) is 37.0 Å². The average Bonchev–Trinajstić information content (AvgIpc) is 2.94. The molecule has 2 N–H and O–H groups in total. The third kappa shape index (κ3) is 2.21. The van der Waals surface area contributed by atoms with Crippen molar-refractivity contribution in [1.29, 1.82) is 0 Å². The van der Waals surface area contributed by atoms with Crippen LogP contribution in [-0.4, -0.2) is 34.7 Å². The van der Waals surface area contributed by atoms with Crippen molar-refractivity contribution in [3.05, 3.63) is 23.8 Å². The molecule has 3 rings (SSSR count). The Morgan fingerprint density at radius 2 is 2.06 bits per heavy atom. The van der Waals surface area contributed by atoms with Gasteiger partial charge in [-0.05, 0) is 18.2 Å². The first-order valence-electron chi connectivity index (χ1n) is 5.54. The summed E-state index contributed by atoms with van der Waals surface area (Å²) in [4.78, 5) is 5.46. The summed E-state index contributed by atoms with van der Waals surface area (Å²) in [5.41, 5.74) is 1.23. The first-order valence-corrected chi connectivity index (χ1v) is 5.54. The average molecular weight is 286 g/mol. The molecule has 1 spiro atoms.